The number of carbonyl (C=O) groups is 1. The van der Waals surface area contributed by atoms with Crippen molar-refractivity contribution < 1.29 is 4.79 Å². The molecule has 0 aromatic carbocycles. The molecule has 0 radical (unpaired) electrons. The van der Waals surface area contributed by atoms with Crippen LogP contribution in [0.25, 0.3) is 0 Å². The Balaban J connectivity index is 2.49. The molecule has 6 heteroatoms. The van der Waals surface area contributed by atoms with Crippen molar-refractivity contribution in [1.29, 1.82) is 0 Å². The van der Waals surface area contributed by atoms with Crippen LogP contribution in [-0.2, 0) is 0 Å². The van der Waals surface area contributed by atoms with E-state index >= 15 is 0 Å². The molecular weight excluding hydrogens is 218 g/mol. The zero-order chi connectivity index (χ0) is 11.4. The van der Waals surface area contributed by atoms with Crippen LogP contribution in [0.1, 0.15) is 32.6 Å². The zero-order valence-electron chi connectivity index (χ0n) is 8.73. The van der Waals surface area contributed by atoms with Crippen LogP contribution in [0.15, 0.2) is 5.29 Å². The summed E-state index contributed by atoms with van der Waals surface area (Å²) in [7, 11) is 0. The number of carbonyl (C=O) groups excluding carboxylic acids is 1. The number of urea groups is 1. The van der Waals surface area contributed by atoms with Gasteiger partial charge in [-0.25, -0.2) is 4.79 Å². The Labute approximate surface area is 93.9 Å². The van der Waals surface area contributed by atoms with Crippen molar-refractivity contribution in [3.05, 3.63) is 4.91 Å². The molecule has 0 heterocycles. The molecule has 1 aliphatic carbocycles. The molecule has 1 aliphatic rings. The molecule has 0 aromatic rings. The molecule has 5 nitrogen and oxygen atoms in total. The van der Waals surface area contributed by atoms with Crippen molar-refractivity contribution >= 4 is 17.6 Å². The molecular formula is C9H16ClN3O2. The summed E-state index contributed by atoms with van der Waals surface area (Å²) in [6.45, 7) is 1.97. The van der Waals surface area contributed by atoms with Gasteiger partial charge in [0, 0.05) is 5.38 Å². The van der Waals surface area contributed by atoms with E-state index < -0.39 is 6.03 Å². The minimum absolute atomic E-state index is 0.136. The Bertz CT molecular complexity index is 240. The van der Waals surface area contributed by atoms with Crippen LogP contribution in [0.3, 0.4) is 0 Å². The Morgan fingerprint density at radius 3 is 2.33 bits per heavy atom. The van der Waals surface area contributed by atoms with Crippen molar-refractivity contribution in [3.63, 3.8) is 0 Å². The summed E-state index contributed by atoms with van der Waals surface area (Å²) < 4.78 is 0. The van der Waals surface area contributed by atoms with Gasteiger partial charge >= 0.3 is 6.03 Å². The van der Waals surface area contributed by atoms with Crippen LogP contribution in [0.4, 0.5) is 4.79 Å². The SMILES string of the molecule is CC(Cl)C1CCC(N(N=O)C(N)=O)CC1. The van der Waals surface area contributed by atoms with Gasteiger partial charge in [-0.1, -0.05) is 0 Å². The maximum atomic E-state index is 10.9. The number of nitrogens with zero attached hydrogens (tertiary/aromatic N) is 2. The van der Waals surface area contributed by atoms with Gasteiger partial charge in [-0.15, -0.1) is 16.5 Å². The standard InChI is InChI=1S/C9H16ClN3O2/c1-6(10)7-2-4-8(5-3-7)13(12-15)9(11)14/h6-8H,2-5H2,1H3,(H2,11,14). The minimum Gasteiger partial charge on any atom is -0.350 e. The van der Waals surface area contributed by atoms with Crippen molar-refractivity contribution in [3.8, 4) is 0 Å². The maximum absolute atomic E-state index is 10.9. The summed E-state index contributed by atoms with van der Waals surface area (Å²) in [5.74, 6) is 0.462. The highest BCUT2D eigenvalue weighted by atomic mass is 35.5. The number of amides is 2. The fourth-order valence-corrected chi connectivity index (χ4v) is 2.34. The number of rotatable bonds is 3. The summed E-state index contributed by atoms with van der Waals surface area (Å²) in [6, 6.07) is -0.918. The van der Waals surface area contributed by atoms with E-state index in [9.17, 15) is 9.70 Å². The molecule has 2 amide bonds. The van der Waals surface area contributed by atoms with Gasteiger partial charge in [0.1, 0.15) is 0 Å². The molecule has 0 saturated heterocycles. The topological polar surface area (TPSA) is 75.8 Å². The highest BCUT2D eigenvalue weighted by molar-refractivity contribution is 6.20. The van der Waals surface area contributed by atoms with E-state index in [1.807, 2.05) is 6.92 Å². The van der Waals surface area contributed by atoms with Gasteiger partial charge in [0.15, 0.2) is 0 Å². The lowest BCUT2D eigenvalue weighted by Crippen LogP contribution is -2.42. The monoisotopic (exact) mass is 233 g/mol. The second kappa shape index (κ2) is 5.30. The zero-order valence-corrected chi connectivity index (χ0v) is 9.48. The molecule has 0 spiro atoms. The fraction of sp³-hybridized carbons (Fsp3) is 0.889. The van der Waals surface area contributed by atoms with Crippen molar-refractivity contribution in [2.24, 2.45) is 16.9 Å². The first-order valence-corrected chi connectivity index (χ1v) is 5.56. The molecule has 0 aromatic heterocycles. The third-order valence-electron chi connectivity index (χ3n) is 3.05. The smallest absolute Gasteiger partial charge is 0.338 e. The fourth-order valence-electron chi connectivity index (χ4n) is 2.09. The predicted octanol–water partition coefficient (Wildman–Crippen LogP) is 2.23. The summed E-state index contributed by atoms with van der Waals surface area (Å²) in [5, 5.41) is 3.64. The summed E-state index contributed by atoms with van der Waals surface area (Å²) in [4.78, 5) is 21.3. The first-order chi connectivity index (χ1) is 7.06. The second-order valence-electron chi connectivity index (χ2n) is 4.01. The molecule has 1 rings (SSSR count). The first kappa shape index (κ1) is 12.2. The van der Waals surface area contributed by atoms with Crippen LogP contribution in [0, 0.1) is 10.8 Å². The number of halogens is 1. The van der Waals surface area contributed by atoms with Crippen LogP contribution in [-0.4, -0.2) is 22.5 Å². The number of hydrogen-bond donors (Lipinski definition) is 1. The number of alkyl halides is 1. The number of nitroso groups, excluding NO2 is 1. The Hall–Kier alpha value is -0.840. The van der Waals surface area contributed by atoms with Crippen molar-refractivity contribution in [2.45, 2.75) is 44.0 Å². The Kier molecular flexibility index (Phi) is 4.32. The average Bonchev–Trinajstić information content (AvgIpc) is 2.19. The average molecular weight is 234 g/mol. The van der Waals surface area contributed by atoms with Gasteiger partial charge in [-0.3, -0.25) is 0 Å². The predicted molar refractivity (Wildman–Crippen MR) is 58.3 cm³/mol. The minimum atomic E-state index is -0.771. The third-order valence-corrected chi connectivity index (χ3v) is 3.41. The normalized spacial score (nSPS) is 28.1. The summed E-state index contributed by atoms with van der Waals surface area (Å²) in [6.07, 6.45) is 3.32. The lowest BCUT2D eigenvalue weighted by atomic mass is 9.84. The van der Waals surface area contributed by atoms with E-state index in [1.165, 1.54) is 0 Å². The van der Waals surface area contributed by atoms with Crippen LogP contribution >= 0.6 is 11.6 Å². The molecule has 0 bridgehead atoms. The van der Waals surface area contributed by atoms with Crippen molar-refractivity contribution in [2.75, 3.05) is 0 Å². The van der Waals surface area contributed by atoms with E-state index in [1.54, 1.807) is 0 Å². The van der Waals surface area contributed by atoms with Gasteiger partial charge in [0.25, 0.3) is 0 Å². The number of primary amides is 1. The molecule has 1 fully saturated rings. The summed E-state index contributed by atoms with van der Waals surface area (Å²) >= 11 is 5.99. The lowest BCUT2D eigenvalue weighted by Gasteiger charge is -2.32. The maximum Gasteiger partial charge on any atom is 0.338 e. The molecule has 1 unspecified atom stereocenters. The van der Waals surface area contributed by atoms with Crippen molar-refractivity contribution in [1.82, 2.24) is 5.01 Å². The van der Waals surface area contributed by atoms with Crippen LogP contribution in [0.2, 0.25) is 0 Å². The van der Waals surface area contributed by atoms with Gasteiger partial charge in [0.05, 0.1) is 11.3 Å². The molecule has 0 aliphatic heterocycles. The lowest BCUT2D eigenvalue weighted by molar-refractivity contribution is 0.151. The van der Waals surface area contributed by atoms with Gasteiger partial charge < -0.3 is 5.73 Å². The quantitative estimate of drug-likeness (QED) is 0.461. The van der Waals surface area contributed by atoms with Gasteiger partial charge in [-0.2, -0.15) is 5.01 Å². The Morgan fingerprint density at radius 1 is 1.47 bits per heavy atom. The molecule has 1 saturated carbocycles. The van der Waals surface area contributed by atoms with E-state index in [4.69, 9.17) is 17.3 Å². The van der Waals surface area contributed by atoms with Gasteiger partial charge in [0.2, 0.25) is 0 Å². The first-order valence-electron chi connectivity index (χ1n) is 5.12. The number of nitrogens with two attached hydrogens (primary N) is 1. The van der Waals surface area contributed by atoms with E-state index in [0.717, 1.165) is 30.7 Å². The molecule has 2 N–H and O–H groups in total. The van der Waals surface area contributed by atoms with E-state index in [0.29, 0.717) is 5.92 Å². The molecule has 15 heavy (non-hydrogen) atoms. The Morgan fingerprint density at radius 2 is 2.00 bits per heavy atom. The molecule has 1 atom stereocenters. The highest BCUT2D eigenvalue weighted by Gasteiger charge is 2.30. The van der Waals surface area contributed by atoms with Gasteiger partial charge in [-0.05, 0) is 38.5 Å². The highest BCUT2D eigenvalue weighted by Crippen LogP contribution is 2.31. The largest absolute Gasteiger partial charge is 0.350 e. The number of hydrogen-bond acceptors (Lipinski definition) is 3. The summed E-state index contributed by atoms with van der Waals surface area (Å²) in [5.41, 5.74) is 5.04. The van der Waals surface area contributed by atoms with Crippen LogP contribution in [0.5, 0.6) is 0 Å². The second-order valence-corrected chi connectivity index (χ2v) is 4.70. The molecule has 86 valence electrons. The third kappa shape index (κ3) is 3.06. The van der Waals surface area contributed by atoms with E-state index in [-0.39, 0.29) is 11.4 Å². The van der Waals surface area contributed by atoms with Crippen LogP contribution < -0.4 is 5.73 Å². The van der Waals surface area contributed by atoms with E-state index in [2.05, 4.69) is 5.29 Å².